The van der Waals surface area contributed by atoms with Gasteiger partial charge in [-0.2, -0.15) is 5.10 Å². The van der Waals surface area contributed by atoms with E-state index in [1.807, 2.05) is 53.4 Å². The summed E-state index contributed by atoms with van der Waals surface area (Å²) in [5.74, 6) is 1.46. The molecule has 0 unspecified atom stereocenters. The van der Waals surface area contributed by atoms with Crippen molar-refractivity contribution in [1.29, 1.82) is 0 Å². The van der Waals surface area contributed by atoms with Gasteiger partial charge in [0.25, 0.3) is 0 Å². The van der Waals surface area contributed by atoms with Gasteiger partial charge in [-0.3, -0.25) is 4.79 Å². The van der Waals surface area contributed by atoms with E-state index in [0.717, 1.165) is 42.0 Å². The Morgan fingerprint density at radius 2 is 2.04 bits per heavy atom. The second-order valence-electron chi connectivity index (χ2n) is 6.28. The largest absolute Gasteiger partial charge is 0.497 e. The van der Waals surface area contributed by atoms with E-state index in [1.165, 1.54) is 0 Å². The van der Waals surface area contributed by atoms with Crippen molar-refractivity contribution in [2.75, 3.05) is 18.6 Å². The van der Waals surface area contributed by atoms with Crippen molar-refractivity contribution in [1.82, 2.24) is 14.8 Å². The zero-order valence-electron chi connectivity index (χ0n) is 14.6. The van der Waals surface area contributed by atoms with Crippen LogP contribution in [0.5, 0.6) is 5.75 Å². The molecule has 6 nitrogen and oxygen atoms in total. The number of nitrogens with zero attached hydrogens (tertiary/aromatic N) is 4. The number of ether oxygens (including phenoxy) is 1. The van der Waals surface area contributed by atoms with Gasteiger partial charge in [-0.15, -0.1) is 0 Å². The molecule has 1 amide bonds. The fourth-order valence-electron chi connectivity index (χ4n) is 3.27. The second kappa shape index (κ2) is 7.00. The summed E-state index contributed by atoms with van der Waals surface area (Å²) < 4.78 is 6.89. The summed E-state index contributed by atoms with van der Waals surface area (Å²) in [5.41, 5.74) is 3.05. The number of methoxy groups -OCH3 is 1. The van der Waals surface area contributed by atoms with E-state index in [4.69, 9.17) is 4.74 Å². The van der Waals surface area contributed by atoms with Gasteiger partial charge >= 0.3 is 0 Å². The third-order valence-electron chi connectivity index (χ3n) is 4.57. The molecule has 1 aromatic heterocycles. The summed E-state index contributed by atoms with van der Waals surface area (Å²) in [5, 5.41) is 4.44. The van der Waals surface area contributed by atoms with Gasteiger partial charge in [0.1, 0.15) is 18.6 Å². The van der Waals surface area contributed by atoms with E-state index in [2.05, 4.69) is 10.1 Å². The molecule has 0 fully saturated rings. The number of aryl methyl sites for hydroxylation is 1. The zero-order chi connectivity index (χ0) is 17.9. The van der Waals surface area contributed by atoms with E-state index < -0.39 is 0 Å². The molecule has 132 valence electrons. The standard InChI is InChI=1S/C20H20N4O2/c1-26-17-9-10-18-16(12-17)8-5-11-24(18)19(25)13-23-14-21-20(22-23)15-6-3-2-4-7-15/h2-4,6-7,9-10,12,14H,5,8,11,13H2,1H3. The van der Waals surface area contributed by atoms with Crippen molar-refractivity contribution in [2.45, 2.75) is 19.4 Å². The highest BCUT2D eigenvalue weighted by Gasteiger charge is 2.23. The molecule has 0 bridgehead atoms. The molecular weight excluding hydrogens is 328 g/mol. The number of aromatic nitrogens is 3. The highest BCUT2D eigenvalue weighted by molar-refractivity contribution is 5.94. The monoisotopic (exact) mass is 348 g/mol. The van der Waals surface area contributed by atoms with E-state index in [1.54, 1.807) is 18.1 Å². The number of amides is 1. The van der Waals surface area contributed by atoms with Crippen molar-refractivity contribution in [3.63, 3.8) is 0 Å². The van der Waals surface area contributed by atoms with Gasteiger partial charge < -0.3 is 9.64 Å². The molecule has 3 aromatic rings. The van der Waals surface area contributed by atoms with Crippen LogP contribution in [0.1, 0.15) is 12.0 Å². The van der Waals surface area contributed by atoms with Gasteiger partial charge in [-0.25, -0.2) is 9.67 Å². The molecule has 0 spiro atoms. The normalized spacial score (nSPS) is 13.3. The van der Waals surface area contributed by atoms with Crippen LogP contribution in [-0.4, -0.2) is 34.3 Å². The lowest BCUT2D eigenvalue weighted by Gasteiger charge is -2.29. The smallest absolute Gasteiger partial charge is 0.248 e. The molecule has 0 aliphatic carbocycles. The third kappa shape index (κ3) is 3.18. The maximum absolute atomic E-state index is 12.8. The number of anilines is 1. The lowest BCUT2D eigenvalue weighted by molar-refractivity contribution is -0.119. The highest BCUT2D eigenvalue weighted by Crippen LogP contribution is 2.30. The van der Waals surface area contributed by atoms with Crippen LogP contribution in [0.25, 0.3) is 11.4 Å². The van der Waals surface area contributed by atoms with Crippen LogP contribution in [-0.2, 0) is 17.8 Å². The minimum atomic E-state index is 0.0145. The third-order valence-corrected chi connectivity index (χ3v) is 4.57. The topological polar surface area (TPSA) is 60.2 Å². The van der Waals surface area contributed by atoms with Gasteiger partial charge in [0, 0.05) is 17.8 Å². The first-order chi connectivity index (χ1) is 12.7. The lowest BCUT2D eigenvalue weighted by Crippen LogP contribution is -2.37. The number of benzene rings is 2. The summed E-state index contributed by atoms with van der Waals surface area (Å²) >= 11 is 0. The Morgan fingerprint density at radius 3 is 2.85 bits per heavy atom. The average Bonchev–Trinajstić information content (AvgIpc) is 3.16. The number of carbonyl (C=O) groups is 1. The Labute approximate surface area is 152 Å². The first-order valence-corrected chi connectivity index (χ1v) is 8.67. The van der Waals surface area contributed by atoms with Crippen LogP contribution in [0.2, 0.25) is 0 Å². The highest BCUT2D eigenvalue weighted by atomic mass is 16.5. The maximum Gasteiger partial charge on any atom is 0.248 e. The maximum atomic E-state index is 12.8. The summed E-state index contributed by atoms with van der Waals surface area (Å²) in [6, 6.07) is 15.6. The van der Waals surface area contributed by atoms with Gasteiger partial charge in [0.15, 0.2) is 5.82 Å². The van der Waals surface area contributed by atoms with Crippen molar-refractivity contribution in [2.24, 2.45) is 0 Å². The molecule has 6 heteroatoms. The van der Waals surface area contributed by atoms with E-state index >= 15 is 0 Å². The van der Waals surface area contributed by atoms with E-state index in [-0.39, 0.29) is 12.5 Å². The molecule has 26 heavy (non-hydrogen) atoms. The predicted molar refractivity (Wildman–Crippen MR) is 99.1 cm³/mol. The molecule has 0 radical (unpaired) electrons. The summed E-state index contributed by atoms with van der Waals surface area (Å²) in [6.07, 6.45) is 3.51. The fraction of sp³-hybridized carbons (Fsp3) is 0.250. The van der Waals surface area contributed by atoms with Crippen LogP contribution in [0.15, 0.2) is 54.9 Å². The molecule has 0 saturated heterocycles. The van der Waals surface area contributed by atoms with Crippen LogP contribution in [0.4, 0.5) is 5.69 Å². The predicted octanol–water partition coefficient (Wildman–Crippen LogP) is 2.93. The van der Waals surface area contributed by atoms with E-state index in [0.29, 0.717) is 5.82 Å². The van der Waals surface area contributed by atoms with Crippen molar-refractivity contribution in [3.05, 3.63) is 60.4 Å². The number of hydrogen-bond donors (Lipinski definition) is 0. The molecule has 2 aromatic carbocycles. The SMILES string of the molecule is COc1ccc2c(c1)CCCN2C(=O)Cn1cnc(-c2ccccc2)n1. The van der Waals surface area contributed by atoms with Crippen molar-refractivity contribution < 1.29 is 9.53 Å². The Hall–Kier alpha value is -3.15. The summed E-state index contributed by atoms with van der Waals surface area (Å²) in [4.78, 5) is 19.0. The van der Waals surface area contributed by atoms with E-state index in [9.17, 15) is 4.79 Å². The lowest BCUT2D eigenvalue weighted by atomic mass is 10.0. The van der Waals surface area contributed by atoms with Gasteiger partial charge in [0.05, 0.1) is 7.11 Å². The minimum absolute atomic E-state index is 0.0145. The Morgan fingerprint density at radius 1 is 1.19 bits per heavy atom. The minimum Gasteiger partial charge on any atom is -0.497 e. The molecule has 2 heterocycles. The molecule has 1 aliphatic rings. The van der Waals surface area contributed by atoms with Crippen LogP contribution in [0, 0.1) is 0 Å². The second-order valence-corrected chi connectivity index (χ2v) is 6.28. The molecule has 0 saturated carbocycles. The van der Waals surface area contributed by atoms with Crippen LogP contribution >= 0.6 is 0 Å². The quantitative estimate of drug-likeness (QED) is 0.727. The van der Waals surface area contributed by atoms with Gasteiger partial charge in [-0.05, 0) is 36.6 Å². The molecular formula is C20H20N4O2. The Bertz CT molecular complexity index is 921. The molecule has 0 N–H and O–H groups in total. The fourth-order valence-corrected chi connectivity index (χ4v) is 3.27. The molecule has 4 rings (SSSR count). The molecule has 1 aliphatic heterocycles. The average molecular weight is 348 g/mol. The van der Waals surface area contributed by atoms with Crippen LogP contribution < -0.4 is 9.64 Å². The number of fused-ring (bicyclic) bond motifs is 1. The van der Waals surface area contributed by atoms with Gasteiger partial charge in [0.2, 0.25) is 5.91 Å². The zero-order valence-corrected chi connectivity index (χ0v) is 14.6. The van der Waals surface area contributed by atoms with Crippen molar-refractivity contribution in [3.8, 4) is 17.1 Å². The summed E-state index contributed by atoms with van der Waals surface area (Å²) in [6.45, 7) is 0.893. The summed E-state index contributed by atoms with van der Waals surface area (Å²) in [7, 11) is 1.66. The van der Waals surface area contributed by atoms with Gasteiger partial charge in [-0.1, -0.05) is 30.3 Å². The Balaban J connectivity index is 1.52. The number of hydrogen-bond acceptors (Lipinski definition) is 4. The van der Waals surface area contributed by atoms with Crippen LogP contribution in [0.3, 0.4) is 0 Å². The first-order valence-electron chi connectivity index (χ1n) is 8.67. The first kappa shape index (κ1) is 16.3. The van der Waals surface area contributed by atoms with Crippen molar-refractivity contribution >= 4 is 11.6 Å². The number of carbonyl (C=O) groups excluding carboxylic acids is 1. The number of rotatable bonds is 4. The Kier molecular flexibility index (Phi) is 4.39. The molecule has 0 atom stereocenters.